The molecule has 2 atom stereocenters. The number of hydrogen-bond donors (Lipinski definition) is 2. The lowest BCUT2D eigenvalue weighted by Crippen LogP contribution is -2.19. The third-order valence-electron chi connectivity index (χ3n) is 7.53. The largest absolute Gasteiger partial charge is 0.326 e. The zero-order chi connectivity index (χ0) is 27.5. The molecule has 7 heteroatoms. The molecule has 1 fully saturated rings. The second kappa shape index (κ2) is 11.7. The molecule has 2 aliphatic rings. The molecule has 4 aromatic rings. The number of nitrogens with zero attached hydrogens (tertiary/aromatic N) is 1. The van der Waals surface area contributed by atoms with Crippen molar-refractivity contribution in [1.29, 1.82) is 5.26 Å². The summed E-state index contributed by atoms with van der Waals surface area (Å²) in [4.78, 5) is 28.2. The van der Waals surface area contributed by atoms with E-state index in [1.807, 2.05) is 60.7 Å². The molecule has 2 unspecified atom stereocenters. The molecule has 0 aliphatic heterocycles. The first-order valence-electron chi connectivity index (χ1n) is 13.6. The van der Waals surface area contributed by atoms with E-state index in [2.05, 4.69) is 41.0 Å². The standard InChI is InChI=1S/C33H29N3O2S2/c34-20-28-27-17-16-24(21-8-3-1-4-9-21)18-29(27)40-33(28)36-32(38)30(22-10-5-2-6-11-22)39-26-13-7-12-25(19-26)35-31(37)23-14-15-23/h1-13,19,23-24,30H,14-18H2,(H,35,37)(H,36,38). The van der Waals surface area contributed by atoms with Crippen LogP contribution in [0.25, 0.3) is 0 Å². The van der Waals surface area contributed by atoms with Gasteiger partial charge in [-0.1, -0.05) is 66.7 Å². The molecule has 1 heterocycles. The normalized spacial score (nSPS) is 16.8. The van der Waals surface area contributed by atoms with Crippen molar-refractivity contribution in [3.8, 4) is 6.07 Å². The summed E-state index contributed by atoms with van der Waals surface area (Å²) in [7, 11) is 0. The summed E-state index contributed by atoms with van der Waals surface area (Å²) in [5.41, 5.74) is 4.61. The Morgan fingerprint density at radius 3 is 2.40 bits per heavy atom. The Hall–Kier alpha value is -3.86. The van der Waals surface area contributed by atoms with E-state index >= 15 is 0 Å². The van der Waals surface area contributed by atoms with Gasteiger partial charge in [0, 0.05) is 21.4 Å². The van der Waals surface area contributed by atoms with Gasteiger partial charge in [-0.25, -0.2) is 0 Å². The van der Waals surface area contributed by atoms with Crippen LogP contribution in [0.15, 0.2) is 89.8 Å². The van der Waals surface area contributed by atoms with Crippen molar-refractivity contribution in [2.75, 3.05) is 10.6 Å². The van der Waals surface area contributed by atoms with E-state index in [9.17, 15) is 14.9 Å². The van der Waals surface area contributed by atoms with Crippen LogP contribution >= 0.6 is 23.1 Å². The molecule has 1 saturated carbocycles. The van der Waals surface area contributed by atoms with Gasteiger partial charge in [-0.05, 0) is 72.9 Å². The van der Waals surface area contributed by atoms with Crippen molar-refractivity contribution < 1.29 is 9.59 Å². The van der Waals surface area contributed by atoms with Crippen molar-refractivity contribution >= 4 is 45.6 Å². The highest BCUT2D eigenvalue weighted by Crippen LogP contribution is 2.44. The maximum Gasteiger partial charge on any atom is 0.243 e. The Balaban J connectivity index is 1.23. The molecular formula is C33H29N3O2S2. The molecule has 3 aromatic carbocycles. The Morgan fingerprint density at radius 2 is 1.68 bits per heavy atom. The molecular weight excluding hydrogens is 535 g/mol. The second-order valence-corrected chi connectivity index (χ2v) is 12.6. The highest BCUT2D eigenvalue weighted by atomic mass is 32.2. The summed E-state index contributed by atoms with van der Waals surface area (Å²) in [6.07, 6.45) is 4.59. The maximum absolute atomic E-state index is 13.8. The van der Waals surface area contributed by atoms with Gasteiger partial charge in [0.1, 0.15) is 16.3 Å². The fraction of sp³-hybridized carbons (Fsp3) is 0.242. The van der Waals surface area contributed by atoms with Crippen LogP contribution in [0.1, 0.15) is 57.6 Å². The van der Waals surface area contributed by atoms with Crippen LogP contribution in [-0.4, -0.2) is 11.8 Å². The molecule has 0 bridgehead atoms. The maximum atomic E-state index is 13.8. The predicted octanol–water partition coefficient (Wildman–Crippen LogP) is 7.71. The minimum absolute atomic E-state index is 0.0553. The molecule has 0 spiro atoms. The number of thioether (sulfide) groups is 1. The van der Waals surface area contributed by atoms with Crippen LogP contribution in [0.5, 0.6) is 0 Å². The first-order valence-corrected chi connectivity index (χ1v) is 15.3. The van der Waals surface area contributed by atoms with Crippen LogP contribution in [-0.2, 0) is 22.4 Å². The lowest BCUT2D eigenvalue weighted by Gasteiger charge is -2.22. The summed E-state index contributed by atoms with van der Waals surface area (Å²) < 4.78 is 0. The van der Waals surface area contributed by atoms with E-state index in [-0.39, 0.29) is 17.7 Å². The van der Waals surface area contributed by atoms with E-state index in [4.69, 9.17) is 0 Å². The highest BCUT2D eigenvalue weighted by Gasteiger charge is 2.31. The minimum atomic E-state index is -0.529. The number of nitriles is 1. The van der Waals surface area contributed by atoms with Crippen LogP contribution in [0.2, 0.25) is 0 Å². The lowest BCUT2D eigenvalue weighted by atomic mass is 9.83. The monoisotopic (exact) mass is 563 g/mol. The first kappa shape index (κ1) is 26.4. The molecule has 5 nitrogen and oxygen atoms in total. The van der Waals surface area contributed by atoms with E-state index in [0.29, 0.717) is 16.5 Å². The molecule has 2 N–H and O–H groups in total. The second-order valence-electron chi connectivity index (χ2n) is 10.4. The highest BCUT2D eigenvalue weighted by molar-refractivity contribution is 8.00. The Labute approximate surface area is 242 Å². The summed E-state index contributed by atoms with van der Waals surface area (Å²) >= 11 is 2.98. The van der Waals surface area contributed by atoms with Gasteiger partial charge in [0.2, 0.25) is 11.8 Å². The summed E-state index contributed by atoms with van der Waals surface area (Å²) in [5, 5.41) is 16.3. The van der Waals surface area contributed by atoms with Gasteiger partial charge < -0.3 is 10.6 Å². The molecule has 0 radical (unpaired) electrons. The van der Waals surface area contributed by atoms with Crippen LogP contribution in [0.4, 0.5) is 10.7 Å². The number of anilines is 2. The Morgan fingerprint density at radius 1 is 0.925 bits per heavy atom. The molecule has 200 valence electrons. The van der Waals surface area contributed by atoms with Gasteiger partial charge in [0.25, 0.3) is 0 Å². The fourth-order valence-electron chi connectivity index (χ4n) is 5.25. The van der Waals surface area contributed by atoms with E-state index in [1.165, 1.54) is 33.5 Å². The average molecular weight is 564 g/mol. The van der Waals surface area contributed by atoms with Crippen LogP contribution in [0.3, 0.4) is 0 Å². The quantitative estimate of drug-likeness (QED) is 0.215. The van der Waals surface area contributed by atoms with Gasteiger partial charge in [-0.2, -0.15) is 5.26 Å². The number of amides is 2. The molecule has 0 saturated heterocycles. The molecule has 6 rings (SSSR count). The van der Waals surface area contributed by atoms with Crippen LogP contribution in [0, 0.1) is 17.2 Å². The topological polar surface area (TPSA) is 82.0 Å². The molecule has 2 amide bonds. The SMILES string of the molecule is N#Cc1c(NC(=O)C(Sc2cccc(NC(=O)C3CC3)c2)c2ccccc2)sc2c1CCC(c1ccccc1)C2. The number of fused-ring (bicyclic) bond motifs is 1. The number of hydrogen-bond acceptors (Lipinski definition) is 5. The van der Waals surface area contributed by atoms with Gasteiger partial charge in [0.05, 0.1) is 5.56 Å². The van der Waals surface area contributed by atoms with Gasteiger partial charge >= 0.3 is 0 Å². The third kappa shape index (κ3) is 5.84. The average Bonchev–Trinajstić information content (AvgIpc) is 3.79. The van der Waals surface area contributed by atoms with Gasteiger partial charge in [0.15, 0.2) is 0 Å². The molecule has 40 heavy (non-hydrogen) atoms. The molecule has 2 aliphatic carbocycles. The third-order valence-corrected chi connectivity index (χ3v) is 9.95. The summed E-state index contributed by atoms with van der Waals surface area (Å²) in [5.74, 6) is 0.425. The van der Waals surface area contributed by atoms with Crippen molar-refractivity contribution in [3.05, 3.63) is 112 Å². The van der Waals surface area contributed by atoms with E-state index in [0.717, 1.165) is 53.8 Å². The van der Waals surface area contributed by atoms with Crippen molar-refractivity contribution in [1.82, 2.24) is 0 Å². The zero-order valence-electron chi connectivity index (χ0n) is 21.9. The Bertz CT molecular complexity index is 1570. The van der Waals surface area contributed by atoms with Crippen molar-refractivity contribution in [2.24, 2.45) is 5.92 Å². The number of nitrogens with one attached hydrogen (secondary N) is 2. The van der Waals surface area contributed by atoms with Crippen LogP contribution < -0.4 is 10.6 Å². The minimum Gasteiger partial charge on any atom is -0.326 e. The first-order chi connectivity index (χ1) is 19.6. The predicted molar refractivity (Wildman–Crippen MR) is 162 cm³/mol. The zero-order valence-corrected chi connectivity index (χ0v) is 23.6. The lowest BCUT2D eigenvalue weighted by molar-refractivity contribution is -0.117. The molecule has 1 aromatic heterocycles. The van der Waals surface area contributed by atoms with Crippen molar-refractivity contribution in [2.45, 2.75) is 48.2 Å². The number of carbonyl (C=O) groups is 2. The Kier molecular flexibility index (Phi) is 7.72. The summed E-state index contributed by atoms with van der Waals surface area (Å²) in [6.45, 7) is 0. The number of rotatable bonds is 8. The number of thiophene rings is 1. The van der Waals surface area contributed by atoms with Gasteiger partial charge in [-0.15, -0.1) is 23.1 Å². The van der Waals surface area contributed by atoms with Crippen molar-refractivity contribution in [3.63, 3.8) is 0 Å². The smallest absolute Gasteiger partial charge is 0.243 e. The number of benzene rings is 3. The summed E-state index contributed by atoms with van der Waals surface area (Å²) in [6, 6.07) is 30.2. The van der Waals surface area contributed by atoms with E-state index in [1.54, 1.807) is 0 Å². The van der Waals surface area contributed by atoms with Gasteiger partial charge in [-0.3, -0.25) is 9.59 Å². The number of carbonyl (C=O) groups excluding carboxylic acids is 2. The fourth-order valence-corrected chi connectivity index (χ4v) is 7.62. The van der Waals surface area contributed by atoms with E-state index < -0.39 is 5.25 Å².